The lowest BCUT2D eigenvalue weighted by atomic mass is 10.0. The third kappa shape index (κ3) is 4.42. The topological polar surface area (TPSA) is 44.1 Å². The molecule has 2 rings (SSSR count). The van der Waals surface area contributed by atoms with Crippen LogP contribution >= 0.6 is 0 Å². The zero-order valence-corrected chi connectivity index (χ0v) is 16.5. The van der Waals surface area contributed by atoms with Crippen LogP contribution in [0.25, 0.3) is 11.0 Å². The minimum absolute atomic E-state index is 0.0198. The number of carbonyl (C=O) groups is 1. The van der Waals surface area contributed by atoms with Crippen LogP contribution in [0.3, 0.4) is 0 Å². The van der Waals surface area contributed by atoms with E-state index in [-0.39, 0.29) is 24.0 Å². The summed E-state index contributed by atoms with van der Waals surface area (Å²) >= 11 is 0. The van der Waals surface area contributed by atoms with Crippen LogP contribution in [0, 0.1) is 11.8 Å². The van der Waals surface area contributed by atoms with Crippen LogP contribution in [0.4, 0.5) is 0 Å². The Morgan fingerprint density at radius 1 is 1.16 bits per heavy atom. The van der Waals surface area contributed by atoms with E-state index in [2.05, 4.69) is 46.1 Å². The Balaban J connectivity index is 2.40. The van der Waals surface area contributed by atoms with Crippen LogP contribution in [-0.2, 0) is 16.0 Å². The van der Waals surface area contributed by atoms with E-state index in [1.54, 1.807) is 0 Å². The average Bonchev–Trinajstić information content (AvgIpc) is 2.92. The molecule has 2 atom stereocenters. The molecule has 2 aromatic rings. The lowest BCUT2D eigenvalue weighted by Gasteiger charge is -2.26. The molecule has 138 valence electrons. The van der Waals surface area contributed by atoms with Crippen LogP contribution in [0.5, 0.6) is 0 Å². The van der Waals surface area contributed by atoms with Crippen molar-refractivity contribution < 1.29 is 9.53 Å². The van der Waals surface area contributed by atoms with Gasteiger partial charge in [-0.3, -0.25) is 0 Å². The molecule has 1 aromatic heterocycles. The Morgan fingerprint density at radius 3 is 2.40 bits per heavy atom. The summed E-state index contributed by atoms with van der Waals surface area (Å²) in [6, 6.07) is 7.67. The van der Waals surface area contributed by atoms with Crippen molar-refractivity contribution in [1.82, 2.24) is 9.55 Å². The highest BCUT2D eigenvalue weighted by molar-refractivity contribution is 5.81. The summed E-state index contributed by atoms with van der Waals surface area (Å²) in [6.45, 7) is 12.6. The fourth-order valence-electron chi connectivity index (χ4n) is 3.39. The van der Waals surface area contributed by atoms with Crippen molar-refractivity contribution in [2.45, 2.75) is 73.0 Å². The highest BCUT2D eigenvalue weighted by atomic mass is 16.5. The maximum atomic E-state index is 13.1. The standard InChI is InChI=1S/C21H32N2O2/c1-7-16(13-14(3)4)25-21(24)20(15(5)6)23-18-12-10-9-11-17(18)22-19(23)8-2/h9-12,14-16,20H,7-8,13H2,1-6H3. The van der Waals surface area contributed by atoms with E-state index >= 15 is 0 Å². The predicted octanol–water partition coefficient (Wildman–Crippen LogP) is 5.16. The molecule has 0 saturated heterocycles. The van der Waals surface area contributed by atoms with Gasteiger partial charge in [0, 0.05) is 6.42 Å². The molecule has 0 radical (unpaired) electrons. The van der Waals surface area contributed by atoms with Gasteiger partial charge >= 0.3 is 5.97 Å². The predicted molar refractivity (Wildman–Crippen MR) is 103 cm³/mol. The van der Waals surface area contributed by atoms with E-state index in [0.29, 0.717) is 5.92 Å². The van der Waals surface area contributed by atoms with Crippen LogP contribution in [0.2, 0.25) is 0 Å². The molecule has 4 nitrogen and oxygen atoms in total. The molecule has 0 aliphatic carbocycles. The first-order valence-electron chi connectivity index (χ1n) is 9.55. The number of benzene rings is 1. The van der Waals surface area contributed by atoms with E-state index in [0.717, 1.165) is 36.1 Å². The summed E-state index contributed by atoms with van der Waals surface area (Å²) in [7, 11) is 0. The number of nitrogens with zero attached hydrogens (tertiary/aromatic N) is 2. The molecular weight excluding hydrogens is 312 g/mol. The van der Waals surface area contributed by atoms with Gasteiger partial charge in [-0.1, -0.05) is 53.7 Å². The molecule has 4 heteroatoms. The third-order valence-corrected chi connectivity index (χ3v) is 4.61. The monoisotopic (exact) mass is 344 g/mol. The molecule has 0 saturated carbocycles. The minimum atomic E-state index is -0.344. The Kier molecular flexibility index (Phi) is 6.63. The summed E-state index contributed by atoms with van der Waals surface area (Å²) in [6.07, 6.45) is 2.51. The molecule has 0 spiro atoms. The molecule has 0 bridgehead atoms. The molecule has 1 heterocycles. The van der Waals surface area contributed by atoms with Crippen molar-refractivity contribution in [3.63, 3.8) is 0 Å². The molecule has 0 aliphatic rings. The average molecular weight is 344 g/mol. The first-order valence-corrected chi connectivity index (χ1v) is 9.55. The van der Waals surface area contributed by atoms with Crippen LogP contribution < -0.4 is 0 Å². The van der Waals surface area contributed by atoms with Crippen molar-refractivity contribution in [2.24, 2.45) is 11.8 Å². The molecule has 25 heavy (non-hydrogen) atoms. The Labute approximate surface area is 151 Å². The van der Waals surface area contributed by atoms with Crippen LogP contribution in [0.1, 0.15) is 66.3 Å². The maximum Gasteiger partial charge on any atom is 0.329 e. The quantitative estimate of drug-likeness (QED) is 0.621. The number of aryl methyl sites for hydroxylation is 1. The van der Waals surface area contributed by atoms with Gasteiger partial charge in [-0.25, -0.2) is 9.78 Å². The number of aromatic nitrogens is 2. The SMILES string of the molecule is CCc1nc2ccccc2n1C(C(=O)OC(CC)CC(C)C)C(C)C. The second kappa shape index (κ2) is 8.50. The number of hydrogen-bond acceptors (Lipinski definition) is 3. The number of ether oxygens (including phenoxy) is 1. The molecule has 1 aromatic carbocycles. The Morgan fingerprint density at radius 2 is 1.84 bits per heavy atom. The van der Waals surface area contributed by atoms with Crippen molar-refractivity contribution >= 4 is 17.0 Å². The van der Waals surface area contributed by atoms with E-state index in [1.165, 1.54) is 0 Å². The van der Waals surface area contributed by atoms with E-state index in [1.807, 2.05) is 24.3 Å². The molecule has 2 unspecified atom stereocenters. The number of fused-ring (bicyclic) bond motifs is 1. The number of hydrogen-bond donors (Lipinski definition) is 0. The maximum absolute atomic E-state index is 13.1. The van der Waals surface area contributed by atoms with E-state index in [9.17, 15) is 4.79 Å². The Bertz CT molecular complexity index is 703. The molecule has 0 fully saturated rings. The lowest BCUT2D eigenvalue weighted by Crippen LogP contribution is -2.31. The molecule has 0 aliphatic heterocycles. The molecular formula is C21H32N2O2. The smallest absolute Gasteiger partial charge is 0.329 e. The number of esters is 1. The summed E-state index contributed by atoms with van der Waals surface area (Å²) in [5, 5.41) is 0. The van der Waals surface area contributed by atoms with Crippen molar-refractivity contribution in [3.05, 3.63) is 30.1 Å². The number of imidazole rings is 1. The van der Waals surface area contributed by atoms with Crippen LogP contribution in [0.15, 0.2) is 24.3 Å². The fraction of sp³-hybridized carbons (Fsp3) is 0.619. The molecule has 0 amide bonds. The normalized spacial score (nSPS) is 14.2. The van der Waals surface area contributed by atoms with Gasteiger partial charge in [0.25, 0.3) is 0 Å². The van der Waals surface area contributed by atoms with Gasteiger partial charge in [0.1, 0.15) is 18.0 Å². The van der Waals surface area contributed by atoms with Gasteiger partial charge in [-0.15, -0.1) is 0 Å². The van der Waals surface area contributed by atoms with Crippen molar-refractivity contribution in [3.8, 4) is 0 Å². The zero-order chi connectivity index (χ0) is 18.6. The van der Waals surface area contributed by atoms with Gasteiger partial charge in [0.05, 0.1) is 11.0 Å². The first kappa shape index (κ1) is 19.5. The fourth-order valence-corrected chi connectivity index (χ4v) is 3.39. The van der Waals surface area contributed by atoms with E-state index < -0.39 is 0 Å². The number of para-hydroxylation sites is 2. The third-order valence-electron chi connectivity index (χ3n) is 4.61. The lowest BCUT2D eigenvalue weighted by molar-refractivity contribution is -0.155. The second-order valence-electron chi connectivity index (χ2n) is 7.53. The van der Waals surface area contributed by atoms with Gasteiger partial charge in [0.2, 0.25) is 0 Å². The van der Waals surface area contributed by atoms with Gasteiger partial charge < -0.3 is 9.30 Å². The number of rotatable bonds is 8. The van der Waals surface area contributed by atoms with E-state index in [4.69, 9.17) is 9.72 Å². The first-order chi connectivity index (χ1) is 11.9. The summed E-state index contributed by atoms with van der Waals surface area (Å²) in [5.41, 5.74) is 1.94. The number of carbonyl (C=O) groups excluding carboxylic acids is 1. The Hall–Kier alpha value is -1.84. The summed E-state index contributed by atoms with van der Waals surface area (Å²) in [4.78, 5) is 17.8. The van der Waals surface area contributed by atoms with Gasteiger partial charge in [-0.2, -0.15) is 0 Å². The molecule has 0 N–H and O–H groups in total. The minimum Gasteiger partial charge on any atom is -0.461 e. The van der Waals surface area contributed by atoms with Crippen molar-refractivity contribution in [1.29, 1.82) is 0 Å². The summed E-state index contributed by atoms with van der Waals surface area (Å²) in [5.74, 6) is 1.44. The highest BCUT2D eigenvalue weighted by Gasteiger charge is 2.31. The van der Waals surface area contributed by atoms with Crippen LogP contribution in [-0.4, -0.2) is 21.6 Å². The zero-order valence-electron chi connectivity index (χ0n) is 16.5. The summed E-state index contributed by atoms with van der Waals surface area (Å²) < 4.78 is 8.01. The second-order valence-corrected chi connectivity index (χ2v) is 7.53. The van der Waals surface area contributed by atoms with Gasteiger partial charge in [-0.05, 0) is 36.8 Å². The highest BCUT2D eigenvalue weighted by Crippen LogP contribution is 2.29. The van der Waals surface area contributed by atoms with Crippen molar-refractivity contribution in [2.75, 3.05) is 0 Å². The van der Waals surface area contributed by atoms with Gasteiger partial charge in [0.15, 0.2) is 0 Å². The largest absolute Gasteiger partial charge is 0.461 e.